The number of nitrogens with one attached hydrogen (secondary N) is 3. The van der Waals surface area contributed by atoms with E-state index in [-0.39, 0.29) is 5.82 Å². The van der Waals surface area contributed by atoms with Gasteiger partial charge in [-0.15, -0.1) is 0 Å². The minimum absolute atomic E-state index is 0.283. The van der Waals surface area contributed by atoms with Gasteiger partial charge in [0.25, 0.3) is 5.91 Å². The van der Waals surface area contributed by atoms with Gasteiger partial charge in [0.15, 0.2) is 5.82 Å². The Labute approximate surface area is 171 Å². The van der Waals surface area contributed by atoms with Crippen molar-refractivity contribution in [2.75, 3.05) is 5.32 Å². The molecule has 3 N–H and O–H groups in total. The van der Waals surface area contributed by atoms with E-state index in [0.29, 0.717) is 34.6 Å². The molecular weight excluding hydrogens is 386 g/mol. The number of hydrogen-bond acceptors (Lipinski definition) is 6. The summed E-state index contributed by atoms with van der Waals surface area (Å²) in [6.45, 7) is 3.99. The monoisotopic (exact) mass is 405 g/mol. The number of amides is 3. The number of benzene rings is 2. The maximum atomic E-state index is 12.2. The van der Waals surface area contributed by atoms with Crippen molar-refractivity contribution < 1.29 is 18.8 Å². The summed E-state index contributed by atoms with van der Waals surface area (Å²) in [5, 5.41) is 16.4. The van der Waals surface area contributed by atoms with Crippen LogP contribution in [0.1, 0.15) is 27.4 Å². The first-order chi connectivity index (χ1) is 14.5. The SMILES string of the molecule is Cc1noc(C)c1COc1ccc2[nH]nc(NC(=O)NC(=O)c3ccccc3)c2c1. The lowest BCUT2D eigenvalue weighted by Crippen LogP contribution is -2.34. The molecular formula is C21H19N5O4. The van der Waals surface area contributed by atoms with Gasteiger partial charge in [0.1, 0.15) is 18.1 Å². The van der Waals surface area contributed by atoms with Crippen molar-refractivity contribution in [3.05, 3.63) is 71.1 Å². The zero-order valence-electron chi connectivity index (χ0n) is 16.4. The Balaban J connectivity index is 1.46. The molecule has 0 atom stereocenters. The predicted molar refractivity (Wildman–Crippen MR) is 109 cm³/mol. The first kappa shape index (κ1) is 19.2. The molecule has 0 saturated carbocycles. The van der Waals surface area contributed by atoms with Crippen LogP contribution in [0.2, 0.25) is 0 Å². The van der Waals surface area contributed by atoms with Crippen molar-refractivity contribution in [2.24, 2.45) is 0 Å². The van der Waals surface area contributed by atoms with Crippen LogP contribution in [-0.2, 0) is 6.61 Å². The summed E-state index contributed by atoms with van der Waals surface area (Å²) in [5.41, 5.74) is 2.76. The highest BCUT2D eigenvalue weighted by Crippen LogP contribution is 2.26. The normalized spacial score (nSPS) is 10.7. The Morgan fingerprint density at radius 3 is 2.67 bits per heavy atom. The lowest BCUT2D eigenvalue weighted by molar-refractivity contribution is 0.0967. The molecule has 152 valence electrons. The minimum Gasteiger partial charge on any atom is -0.489 e. The fourth-order valence-corrected chi connectivity index (χ4v) is 2.95. The van der Waals surface area contributed by atoms with Gasteiger partial charge in [-0.25, -0.2) is 4.79 Å². The molecule has 0 saturated heterocycles. The third-order valence-corrected chi connectivity index (χ3v) is 4.59. The standard InChI is InChI=1S/C21H19N5O4/c1-12-17(13(2)30-26-12)11-29-15-8-9-18-16(10-15)19(25-24-18)22-21(28)23-20(27)14-6-4-3-5-7-14/h3-10H,11H2,1-2H3,(H3,22,23,24,25,27,28). The van der Waals surface area contributed by atoms with E-state index in [1.54, 1.807) is 48.5 Å². The van der Waals surface area contributed by atoms with Crippen LogP contribution in [0.5, 0.6) is 5.75 Å². The highest BCUT2D eigenvalue weighted by atomic mass is 16.5. The van der Waals surface area contributed by atoms with Crippen LogP contribution < -0.4 is 15.4 Å². The predicted octanol–water partition coefficient (Wildman–Crippen LogP) is 3.71. The molecule has 3 amide bonds. The second-order valence-corrected chi connectivity index (χ2v) is 6.65. The molecule has 0 bridgehead atoms. The second kappa shape index (κ2) is 8.08. The molecule has 2 aromatic carbocycles. The van der Waals surface area contributed by atoms with Crippen molar-refractivity contribution in [3.8, 4) is 5.75 Å². The molecule has 0 unspecified atom stereocenters. The summed E-state index contributed by atoms with van der Waals surface area (Å²) < 4.78 is 11.0. The number of carbonyl (C=O) groups is 2. The lowest BCUT2D eigenvalue weighted by Gasteiger charge is -2.07. The Bertz CT molecular complexity index is 1190. The molecule has 4 rings (SSSR count). The van der Waals surface area contributed by atoms with Crippen molar-refractivity contribution in [1.82, 2.24) is 20.7 Å². The minimum atomic E-state index is -0.681. The summed E-state index contributed by atoms with van der Waals surface area (Å²) >= 11 is 0. The zero-order valence-corrected chi connectivity index (χ0v) is 16.4. The summed E-state index contributed by atoms with van der Waals surface area (Å²) in [7, 11) is 0. The third-order valence-electron chi connectivity index (χ3n) is 4.59. The number of H-pyrrole nitrogens is 1. The number of aromatic amines is 1. The van der Waals surface area contributed by atoms with Crippen LogP contribution in [0.3, 0.4) is 0 Å². The summed E-state index contributed by atoms with van der Waals surface area (Å²) in [4.78, 5) is 24.4. The number of urea groups is 1. The maximum absolute atomic E-state index is 12.2. The van der Waals surface area contributed by atoms with Gasteiger partial charge in [0.05, 0.1) is 16.8 Å². The topological polar surface area (TPSA) is 122 Å². The van der Waals surface area contributed by atoms with Gasteiger partial charge in [-0.05, 0) is 44.2 Å². The van der Waals surface area contributed by atoms with Crippen molar-refractivity contribution in [3.63, 3.8) is 0 Å². The molecule has 9 heteroatoms. The molecule has 2 aromatic heterocycles. The second-order valence-electron chi connectivity index (χ2n) is 6.65. The number of fused-ring (bicyclic) bond motifs is 1. The molecule has 4 aromatic rings. The van der Waals surface area contributed by atoms with Crippen molar-refractivity contribution >= 4 is 28.7 Å². The molecule has 9 nitrogen and oxygen atoms in total. The van der Waals surface area contributed by atoms with Gasteiger partial charge in [0.2, 0.25) is 0 Å². The number of imide groups is 1. The van der Waals surface area contributed by atoms with E-state index < -0.39 is 11.9 Å². The number of carbonyl (C=O) groups excluding carboxylic acids is 2. The van der Waals surface area contributed by atoms with Gasteiger partial charge >= 0.3 is 6.03 Å². The van der Waals surface area contributed by atoms with Crippen LogP contribution in [-0.4, -0.2) is 27.3 Å². The highest BCUT2D eigenvalue weighted by molar-refractivity contribution is 6.09. The van der Waals surface area contributed by atoms with E-state index in [2.05, 4.69) is 26.0 Å². The van der Waals surface area contributed by atoms with Crippen LogP contribution in [0.15, 0.2) is 53.1 Å². The van der Waals surface area contributed by atoms with Crippen LogP contribution in [0.25, 0.3) is 10.9 Å². The molecule has 0 fully saturated rings. The van der Waals surface area contributed by atoms with E-state index in [4.69, 9.17) is 9.26 Å². The number of ether oxygens (including phenoxy) is 1. The zero-order chi connectivity index (χ0) is 21.1. The lowest BCUT2D eigenvalue weighted by atomic mass is 10.2. The molecule has 0 spiro atoms. The Morgan fingerprint density at radius 2 is 1.93 bits per heavy atom. The van der Waals surface area contributed by atoms with Crippen molar-refractivity contribution in [1.29, 1.82) is 0 Å². The van der Waals surface area contributed by atoms with E-state index in [1.807, 2.05) is 13.8 Å². The highest BCUT2D eigenvalue weighted by Gasteiger charge is 2.14. The smallest absolute Gasteiger partial charge is 0.327 e. The van der Waals surface area contributed by atoms with Crippen LogP contribution in [0.4, 0.5) is 10.6 Å². The molecule has 2 heterocycles. The Hall–Kier alpha value is -4.14. The van der Waals surface area contributed by atoms with Gasteiger partial charge in [0, 0.05) is 10.9 Å². The first-order valence-electron chi connectivity index (χ1n) is 9.21. The number of aromatic nitrogens is 3. The summed E-state index contributed by atoms with van der Waals surface area (Å²) in [5.74, 6) is 1.08. The molecule has 30 heavy (non-hydrogen) atoms. The molecule has 0 aliphatic rings. The number of hydrogen-bond donors (Lipinski definition) is 3. The van der Waals surface area contributed by atoms with Gasteiger partial charge in [-0.1, -0.05) is 23.4 Å². The number of anilines is 1. The largest absolute Gasteiger partial charge is 0.489 e. The van der Waals surface area contributed by atoms with Crippen LogP contribution >= 0.6 is 0 Å². The van der Waals surface area contributed by atoms with E-state index in [9.17, 15) is 9.59 Å². The fraction of sp³-hybridized carbons (Fsp3) is 0.143. The summed E-state index contributed by atoms with van der Waals surface area (Å²) in [6, 6.07) is 13.1. The quantitative estimate of drug-likeness (QED) is 0.465. The van der Waals surface area contributed by atoms with Gasteiger partial charge in [-0.3, -0.25) is 20.5 Å². The first-order valence-corrected chi connectivity index (χ1v) is 9.21. The number of nitrogens with zero attached hydrogens (tertiary/aromatic N) is 2. The van der Waals surface area contributed by atoms with E-state index in [1.165, 1.54) is 0 Å². The number of aryl methyl sites for hydroxylation is 2. The number of rotatable bonds is 5. The Kier molecular flexibility index (Phi) is 5.17. The summed E-state index contributed by atoms with van der Waals surface area (Å²) in [6.07, 6.45) is 0. The van der Waals surface area contributed by atoms with Gasteiger partial charge < -0.3 is 9.26 Å². The third kappa shape index (κ3) is 4.00. The average Bonchev–Trinajstić information content (AvgIpc) is 3.29. The maximum Gasteiger partial charge on any atom is 0.327 e. The molecule has 0 aliphatic heterocycles. The molecule has 0 radical (unpaired) electrons. The van der Waals surface area contributed by atoms with Crippen molar-refractivity contribution in [2.45, 2.75) is 20.5 Å². The van der Waals surface area contributed by atoms with E-state index >= 15 is 0 Å². The Morgan fingerprint density at radius 1 is 1.13 bits per heavy atom. The van der Waals surface area contributed by atoms with Crippen LogP contribution in [0, 0.1) is 13.8 Å². The molecule has 0 aliphatic carbocycles. The van der Waals surface area contributed by atoms with E-state index in [0.717, 1.165) is 11.3 Å². The average molecular weight is 405 g/mol. The van der Waals surface area contributed by atoms with Gasteiger partial charge in [-0.2, -0.15) is 5.10 Å². The fourth-order valence-electron chi connectivity index (χ4n) is 2.95.